The molecule has 0 aliphatic heterocycles. The number of hydrogen-bond acceptors (Lipinski definition) is 7. The number of para-hydroxylation sites is 1. The lowest BCUT2D eigenvalue weighted by Crippen LogP contribution is -2.23. The van der Waals surface area contributed by atoms with Gasteiger partial charge in [-0.3, -0.25) is 14.9 Å². The van der Waals surface area contributed by atoms with E-state index in [1.54, 1.807) is 42.5 Å². The second kappa shape index (κ2) is 10.5. The van der Waals surface area contributed by atoms with Crippen molar-refractivity contribution in [2.24, 2.45) is 0 Å². The summed E-state index contributed by atoms with van der Waals surface area (Å²) in [5.41, 5.74) is 1.41. The fourth-order valence-electron chi connectivity index (χ4n) is 2.94. The van der Waals surface area contributed by atoms with E-state index < -0.39 is 17.8 Å². The number of nitrogens with zero attached hydrogens (tertiary/aromatic N) is 1. The van der Waals surface area contributed by atoms with Crippen LogP contribution in [0.3, 0.4) is 0 Å². The Morgan fingerprint density at radius 3 is 2.20 bits per heavy atom. The van der Waals surface area contributed by atoms with E-state index in [1.165, 1.54) is 0 Å². The lowest BCUT2D eigenvalue weighted by atomic mass is 10.2. The first kappa shape index (κ1) is 23.5. The number of carboxylic acid groups (broad SMARTS) is 1. The van der Waals surface area contributed by atoms with Crippen molar-refractivity contribution in [3.63, 3.8) is 0 Å². The molecular formula is C25H19N3O6S. The van der Waals surface area contributed by atoms with Gasteiger partial charge >= 0.3 is 11.9 Å². The van der Waals surface area contributed by atoms with Gasteiger partial charge in [-0.1, -0.05) is 41.7 Å². The Labute approximate surface area is 204 Å². The number of amides is 2. The maximum absolute atomic E-state index is 13.0. The van der Waals surface area contributed by atoms with Crippen LogP contribution in [0.2, 0.25) is 0 Å². The Hall–Kier alpha value is -4.70. The quantitative estimate of drug-likeness (QED) is 0.300. The normalized spacial score (nSPS) is 10.3. The fraction of sp³-hybridized carbons (Fsp3) is 0.0400. The summed E-state index contributed by atoms with van der Waals surface area (Å²) in [7, 11) is 0. The van der Waals surface area contributed by atoms with E-state index in [1.807, 2.05) is 43.3 Å². The van der Waals surface area contributed by atoms with Crippen LogP contribution in [0, 0.1) is 6.92 Å². The minimum atomic E-state index is -1.71. The van der Waals surface area contributed by atoms with Gasteiger partial charge in [0.15, 0.2) is 5.82 Å². The monoisotopic (exact) mass is 489 g/mol. The number of aliphatic carboxylic acids is 1. The molecule has 0 spiro atoms. The van der Waals surface area contributed by atoms with Gasteiger partial charge in [-0.15, -0.1) is 0 Å². The third kappa shape index (κ3) is 6.21. The van der Waals surface area contributed by atoms with Crippen molar-refractivity contribution < 1.29 is 29.0 Å². The summed E-state index contributed by atoms with van der Waals surface area (Å²) in [6, 6.07) is 23.1. The van der Waals surface area contributed by atoms with Gasteiger partial charge in [0.25, 0.3) is 11.1 Å². The van der Waals surface area contributed by atoms with Crippen LogP contribution < -0.4 is 20.1 Å². The van der Waals surface area contributed by atoms with Crippen LogP contribution in [0.4, 0.5) is 11.5 Å². The molecule has 2 amide bonds. The van der Waals surface area contributed by atoms with Gasteiger partial charge in [-0.25, -0.2) is 4.79 Å². The number of ether oxygens (including phenoxy) is 2. The van der Waals surface area contributed by atoms with E-state index in [0.717, 1.165) is 16.9 Å². The predicted molar refractivity (Wildman–Crippen MR) is 131 cm³/mol. The van der Waals surface area contributed by atoms with E-state index in [-0.39, 0.29) is 15.9 Å². The first-order valence-corrected chi connectivity index (χ1v) is 11.1. The highest BCUT2D eigenvalue weighted by Crippen LogP contribution is 2.33. The molecule has 0 bridgehead atoms. The number of carbonyl (C=O) groups is 3. The summed E-state index contributed by atoms with van der Waals surface area (Å²) in [6.07, 6.45) is 0. The van der Waals surface area contributed by atoms with Gasteiger partial charge in [-0.2, -0.15) is 4.98 Å². The van der Waals surface area contributed by atoms with E-state index in [0.29, 0.717) is 22.9 Å². The Morgan fingerprint density at radius 2 is 1.51 bits per heavy atom. The average Bonchev–Trinajstić information content (AvgIpc) is 3.23. The number of rotatable bonds is 7. The molecule has 0 atom stereocenters. The molecule has 10 heteroatoms. The summed E-state index contributed by atoms with van der Waals surface area (Å²) >= 11 is 0.868. The van der Waals surface area contributed by atoms with E-state index in [4.69, 9.17) is 14.6 Å². The largest absolute Gasteiger partial charge is 0.474 e. The summed E-state index contributed by atoms with van der Waals surface area (Å²) in [4.78, 5) is 39.7. The van der Waals surface area contributed by atoms with Gasteiger partial charge in [0.2, 0.25) is 0 Å². The molecule has 0 radical (unpaired) electrons. The van der Waals surface area contributed by atoms with Crippen molar-refractivity contribution >= 4 is 40.6 Å². The number of anilines is 2. The van der Waals surface area contributed by atoms with Crippen molar-refractivity contribution in [1.82, 2.24) is 4.98 Å². The number of benzene rings is 3. The van der Waals surface area contributed by atoms with Crippen LogP contribution in [0.5, 0.6) is 22.4 Å². The predicted octanol–water partition coefficient (Wildman–Crippen LogP) is 5.31. The maximum atomic E-state index is 13.0. The molecule has 1 heterocycles. The molecule has 3 aromatic carbocycles. The van der Waals surface area contributed by atoms with Crippen LogP contribution in [-0.2, 0) is 9.59 Å². The van der Waals surface area contributed by atoms with Crippen LogP contribution in [0.25, 0.3) is 0 Å². The molecule has 35 heavy (non-hydrogen) atoms. The molecule has 4 rings (SSSR count). The highest BCUT2D eigenvalue weighted by Gasteiger charge is 2.23. The zero-order valence-corrected chi connectivity index (χ0v) is 19.2. The van der Waals surface area contributed by atoms with Crippen LogP contribution in [0.15, 0.2) is 78.9 Å². The van der Waals surface area contributed by atoms with Crippen LogP contribution in [0.1, 0.15) is 15.2 Å². The van der Waals surface area contributed by atoms with Crippen molar-refractivity contribution in [2.75, 3.05) is 10.6 Å². The zero-order valence-electron chi connectivity index (χ0n) is 18.3. The molecule has 4 aromatic rings. The Bertz CT molecular complexity index is 1370. The van der Waals surface area contributed by atoms with E-state index in [9.17, 15) is 14.4 Å². The fourth-order valence-corrected chi connectivity index (χ4v) is 3.73. The minimum absolute atomic E-state index is 0.0214. The van der Waals surface area contributed by atoms with Crippen molar-refractivity contribution in [1.29, 1.82) is 0 Å². The standard InChI is InChI=1S/C25H19N3O6S/c1-15-6-5-9-19(14-15)34-25-28-21(27-23(30)24(31)32)20(35-25)22(29)26-16-10-12-18(13-11-16)33-17-7-3-2-4-8-17/h2-14H,1H3,(H,26,29)(H,27,30)(H,31,32). The Balaban J connectivity index is 1.52. The smallest absolute Gasteiger partial charge is 0.394 e. The third-order valence-electron chi connectivity index (χ3n) is 4.53. The molecule has 0 unspecified atom stereocenters. The SMILES string of the molecule is Cc1cccc(Oc2nc(NC(=O)C(=O)O)c(C(=O)Nc3ccc(Oc4ccccc4)cc3)s2)c1. The summed E-state index contributed by atoms with van der Waals surface area (Å²) in [5.74, 6) is -2.11. The summed E-state index contributed by atoms with van der Waals surface area (Å²) in [5, 5.41) is 13.8. The van der Waals surface area contributed by atoms with Gasteiger partial charge < -0.3 is 19.9 Å². The average molecular weight is 490 g/mol. The van der Waals surface area contributed by atoms with Crippen molar-refractivity contribution in [2.45, 2.75) is 6.92 Å². The molecule has 0 fully saturated rings. The lowest BCUT2D eigenvalue weighted by molar-refractivity contribution is -0.147. The van der Waals surface area contributed by atoms with Crippen LogP contribution in [-0.4, -0.2) is 27.9 Å². The first-order valence-electron chi connectivity index (χ1n) is 10.3. The second-order valence-corrected chi connectivity index (χ2v) is 8.19. The summed E-state index contributed by atoms with van der Waals surface area (Å²) < 4.78 is 11.4. The molecule has 176 valence electrons. The van der Waals surface area contributed by atoms with Gasteiger partial charge in [0, 0.05) is 5.69 Å². The second-order valence-electron chi connectivity index (χ2n) is 7.23. The van der Waals surface area contributed by atoms with Gasteiger partial charge in [0.1, 0.15) is 22.1 Å². The number of aromatic nitrogens is 1. The molecular weight excluding hydrogens is 470 g/mol. The molecule has 0 saturated carbocycles. The number of carboxylic acids is 1. The Kier molecular flexibility index (Phi) is 7.03. The van der Waals surface area contributed by atoms with Crippen molar-refractivity contribution in [3.05, 3.63) is 89.3 Å². The molecule has 1 aromatic heterocycles. The molecule has 0 saturated heterocycles. The number of aryl methyl sites for hydroxylation is 1. The maximum Gasteiger partial charge on any atom is 0.394 e. The van der Waals surface area contributed by atoms with Gasteiger partial charge in [-0.05, 0) is 61.0 Å². The number of hydrogen-bond donors (Lipinski definition) is 3. The zero-order chi connectivity index (χ0) is 24.8. The van der Waals surface area contributed by atoms with E-state index in [2.05, 4.69) is 15.6 Å². The van der Waals surface area contributed by atoms with E-state index >= 15 is 0 Å². The number of thiazole rings is 1. The third-order valence-corrected chi connectivity index (χ3v) is 5.46. The van der Waals surface area contributed by atoms with Gasteiger partial charge in [0.05, 0.1) is 0 Å². The first-order chi connectivity index (χ1) is 16.9. The van der Waals surface area contributed by atoms with Crippen LogP contribution >= 0.6 is 11.3 Å². The summed E-state index contributed by atoms with van der Waals surface area (Å²) in [6.45, 7) is 1.89. The highest BCUT2D eigenvalue weighted by molar-refractivity contribution is 7.16. The Morgan fingerprint density at radius 1 is 0.829 bits per heavy atom. The molecule has 0 aliphatic rings. The lowest BCUT2D eigenvalue weighted by Gasteiger charge is -2.08. The minimum Gasteiger partial charge on any atom is -0.474 e. The molecule has 3 N–H and O–H groups in total. The number of carbonyl (C=O) groups excluding carboxylic acids is 2. The van der Waals surface area contributed by atoms with Crippen molar-refractivity contribution in [3.8, 4) is 22.4 Å². The molecule has 0 aliphatic carbocycles. The molecule has 9 nitrogen and oxygen atoms in total. The topological polar surface area (TPSA) is 127 Å². The highest BCUT2D eigenvalue weighted by atomic mass is 32.1. The number of nitrogens with one attached hydrogen (secondary N) is 2.